The molecule has 0 spiro atoms. The third-order valence-electron chi connectivity index (χ3n) is 2.12. The van der Waals surface area contributed by atoms with E-state index in [1.54, 1.807) is 0 Å². The summed E-state index contributed by atoms with van der Waals surface area (Å²) in [7, 11) is 0. The van der Waals surface area contributed by atoms with Crippen LogP contribution in [0.3, 0.4) is 0 Å². The van der Waals surface area contributed by atoms with Crippen LogP contribution in [0.5, 0.6) is 0 Å². The molecule has 3 N–H and O–H groups in total. The van der Waals surface area contributed by atoms with Crippen molar-refractivity contribution in [1.29, 1.82) is 0 Å². The number of nitrogens with one attached hydrogen (secondary N) is 3. The van der Waals surface area contributed by atoms with Gasteiger partial charge < -0.3 is 15.4 Å². The lowest BCUT2D eigenvalue weighted by atomic mass is 10.2. The molecule has 2 aliphatic heterocycles. The monoisotopic (exact) mass is 169 g/mol. The van der Waals surface area contributed by atoms with Crippen LogP contribution in [-0.4, -0.2) is 32.0 Å². The highest BCUT2D eigenvalue weighted by Gasteiger charge is 2.19. The second-order valence-corrected chi connectivity index (χ2v) is 3.31. The fraction of sp³-hybridized carbons (Fsp3) is 0.750. The lowest BCUT2D eigenvalue weighted by Gasteiger charge is -2.31. The van der Waals surface area contributed by atoms with Crippen LogP contribution >= 0.6 is 0 Å². The van der Waals surface area contributed by atoms with Crippen molar-refractivity contribution in [1.82, 2.24) is 16.0 Å². The van der Waals surface area contributed by atoms with Crippen molar-refractivity contribution in [2.24, 2.45) is 0 Å². The summed E-state index contributed by atoms with van der Waals surface area (Å²) in [6.45, 7) is 4.65. The molecule has 0 aromatic carbocycles. The SMILES string of the molecule is CC1C=C(NC2COC2)NCN1. The quantitative estimate of drug-likeness (QED) is 0.514. The Morgan fingerprint density at radius 1 is 1.58 bits per heavy atom. The molecule has 0 aliphatic carbocycles. The van der Waals surface area contributed by atoms with E-state index in [-0.39, 0.29) is 0 Å². The molecular weight excluding hydrogens is 154 g/mol. The summed E-state index contributed by atoms with van der Waals surface area (Å²) in [5.74, 6) is 1.13. The Morgan fingerprint density at radius 3 is 3.00 bits per heavy atom. The fourth-order valence-corrected chi connectivity index (χ4v) is 1.31. The largest absolute Gasteiger partial charge is 0.377 e. The van der Waals surface area contributed by atoms with Gasteiger partial charge in [0.25, 0.3) is 0 Å². The average Bonchev–Trinajstić information content (AvgIpc) is 1.97. The maximum atomic E-state index is 5.07. The first-order valence-electron chi connectivity index (χ1n) is 4.38. The zero-order valence-corrected chi connectivity index (χ0v) is 7.26. The van der Waals surface area contributed by atoms with Gasteiger partial charge in [0.2, 0.25) is 0 Å². The van der Waals surface area contributed by atoms with Gasteiger partial charge in [-0.3, -0.25) is 5.32 Å². The highest BCUT2D eigenvalue weighted by Crippen LogP contribution is 2.03. The molecule has 4 nitrogen and oxygen atoms in total. The lowest BCUT2D eigenvalue weighted by Crippen LogP contribution is -2.51. The molecule has 2 rings (SSSR count). The Kier molecular flexibility index (Phi) is 2.19. The maximum absolute atomic E-state index is 5.07. The number of ether oxygens (including phenoxy) is 1. The van der Waals surface area contributed by atoms with Crippen LogP contribution in [0.15, 0.2) is 11.9 Å². The van der Waals surface area contributed by atoms with E-state index in [9.17, 15) is 0 Å². The summed E-state index contributed by atoms with van der Waals surface area (Å²) in [6.07, 6.45) is 2.15. The van der Waals surface area contributed by atoms with Crippen LogP contribution in [0, 0.1) is 0 Å². The van der Waals surface area contributed by atoms with Crippen LogP contribution in [0.25, 0.3) is 0 Å². The highest BCUT2D eigenvalue weighted by atomic mass is 16.5. The fourth-order valence-electron chi connectivity index (χ4n) is 1.31. The number of hydrogen-bond donors (Lipinski definition) is 3. The molecular formula is C8H15N3O. The van der Waals surface area contributed by atoms with E-state index in [2.05, 4.69) is 29.0 Å². The minimum absolute atomic E-state index is 0.453. The normalized spacial score (nSPS) is 30.1. The van der Waals surface area contributed by atoms with Gasteiger partial charge in [-0.15, -0.1) is 0 Å². The van der Waals surface area contributed by atoms with Crippen LogP contribution in [0.2, 0.25) is 0 Å². The summed E-state index contributed by atoms with van der Waals surface area (Å²) in [5.41, 5.74) is 0. The Labute approximate surface area is 72.4 Å². The molecule has 2 heterocycles. The van der Waals surface area contributed by atoms with Crippen LogP contribution in [-0.2, 0) is 4.74 Å². The van der Waals surface area contributed by atoms with Crippen molar-refractivity contribution in [2.75, 3.05) is 19.9 Å². The molecule has 1 unspecified atom stereocenters. The zero-order valence-electron chi connectivity index (χ0n) is 7.26. The minimum atomic E-state index is 0.453. The molecule has 1 saturated heterocycles. The van der Waals surface area contributed by atoms with E-state index in [1.165, 1.54) is 0 Å². The third kappa shape index (κ3) is 1.70. The van der Waals surface area contributed by atoms with Gasteiger partial charge in [-0.2, -0.15) is 0 Å². The number of hydrogen-bond acceptors (Lipinski definition) is 4. The van der Waals surface area contributed by atoms with Crippen LogP contribution in [0.4, 0.5) is 0 Å². The molecule has 0 saturated carbocycles. The molecule has 0 amide bonds. The molecule has 1 fully saturated rings. The summed E-state index contributed by atoms with van der Waals surface area (Å²) < 4.78 is 5.07. The molecule has 0 radical (unpaired) electrons. The third-order valence-corrected chi connectivity index (χ3v) is 2.12. The highest BCUT2D eigenvalue weighted by molar-refractivity contribution is 5.07. The van der Waals surface area contributed by atoms with Gasteiger partial charge in [0.15, 0.2) is 0 Å². The smallest absolute Gasteiger partial charge is 0.0974 e. The molecule has 68 valence electrons. The standard InChI is InChI=1S/C8H15N3O/c1-6-2-8(10-5-9-6)11-7-3-12-4-7/h2,6-7,9-11H,3-5H2,1H3. The number of rotatable bonds is 2. The predicted octanol–water partition coefficient (Wildman–Crippen LogP) is -0.645. The van der Waals surface area contributed by atoms with Gasteiger partial charge in [-0.25, -0.2) is 0 Å². The van der Waals surface area contributed by atoms with E-state index in [0.717, 1.165) is 25.7 Å². The Hall–Kier alpha value is -0.740. The van der Waals surface area contributed by atoms with Crippen LogP contribution < -0.4 is 16.0 Å². The van der Waals surface area contributed by atoms with Gasteiger partial charge in [0.1, 0.15) is 0 Å². The van der Waals surface area contributed by atoms with Crippen molar-refractivity contribution in [3.63, 3.8) is 0 Å². The first kappa shape index (κ1) is 7.89. The topological polar surface area (TPSA) is 45.3 Å². The molecule has 0 aromatic rings. The van der Waals surface area contributed by atoms with E-state index in [0.29, 0.717) is 12.1 Å². The molecule has 4 heteroatoms. The lowest BCUT2D eigenvalue weighted by molar-refractivity contribution is -0.00182. The first-order valence-corrected chi connectivity index (χ1v) is 4.38. The van der Waals surface area contributed by atoms with Crippen molar-refractivity contribution in [3.8, 4) is 0 Å². The van der Waals surface area contributed by atoms with E-state index >= 15 is 0 Å². The Balaban J connectivity index is 1.84. The van der Waals surface area contributed by atoms with Crippen molar-refractivity contribution in [3.05, 3.63) is 11.9 Å². The van der Waals surface area contributed by atoms with E-state index in [4.69, 9.17) is 4.74 Å². The van der Waals surface area contributed by atoms with Gasteiger partial charge in [0, 0.05) is 6.04 Å². The second kappa shape index (κ2) is 3.33. The maximum Gasteiger partial charge on any atom is 0.0974 e. The second-order valence-electron chi connectivity index (χ2n) is 3.31. The van der Waals surface area contributed by atoms with Gasteiger partial charge in [0.05, 0.1) is 31.7 Å². The Bertz CT molecular complexity index is 189. The summed E-state index contributed by atoms with van der Waals surface area (Å²) in [6, 6.07) is 0.962. The van der Waals surface area contributed by atoms with Crippen molar-refractivity contribution < 1.29 is 4.74 Å². The van der Waals surface area contributed by atoms with E-state index < -0.39 is 0 Å². The Morgan fingerprint density at radius 2 is 2.42 bits per heavy atom. The molecule has 12 heavy (non-hydrogen) atoms. The van der Waals surface area contributed by atoms with Crippen molar-refractivity contribution in [2.45, 2.75) is 19.0 Å². The molecule has 1 atom stereocenters. The predicted molar refractivity (Wildman–Crippen MR) is 46.4 cm³/mol. The van der Waals surface area contributed by atoms with Crippen LogP contribution in [0.1, 0.15) is 6.92 Å². The molecule has 0 bridgehead atoms. The summed E-state index contributed by atoms with van der Waals surface area (Å²) in [5, 5.41) is 9.87. The summed E-state index contributed by atoms with van der Waals surface area (Å²) in [4.78, 5) is 0. The first-order chi connectivity index (χ1) is 5.84. The van der Waals surface area contributed by atoms with E-state index in [1.807, 2.05) is 0 Å². The zero-order chi connectivity index (χ0) is 8.39. The molecule has 0 aromatic heterocycles. The van der Waals surface area contributed by atoms with Gasteiger partial charge in [-0.05, 0) is 13.0 Å². The average molecular weight is 169 g/mol. The van der Waals surface area contributed by atoms with Gasteiger partial charge >= 0.3 is 0 Å². The summed E-state index contributed by atoms with van der Waals surface area (Å²) >= 11 is 0. The molecule has 2 aliphatic rings. The van der Waals surface area contributed by atoms with Gasteiger partial charge in [-0.1, -0.05) is 0 Å². The minimum Gasteiger partial charge on any atom is -0.377 e. The van der Waals surface area contributed by atoms with Crippen molar-refractivity contribution >= 4 is 0 Å².